The average molecular weight is 368 g/mol. The monoisotopic (exact) mass is 368 g/mol. The van der Waals surface area contributed by atoms with Crippen LogP contribution in [-0.2, 0) is 0 Å². The van der Waals surface area contributed by atoms with Crippen molar-refractivity contribution >= 4 is 21.8 Å². The number of para-hydroxylation sites is 3. The minimum atomic E-state index is -0.151. The van der Waals surface area contributed by atoms with Crippen LogP contribution in [-0.4, -0.2) is 22.2 Å². The molecule has 0 bridgehead atoms. The number of aromatic amines is 2. The van der Waals surface area contributed by atoms with Gasteiger partial charge in [-0.2, -0.15) is 0 Å². The predicted octanol–water partition coefficient (Wildman–Crippen LogP) is 5.54. The first-order chi connectivity index (χ1) is 13.8. The largest absolute Gasteiger partial charge is 0.504 e. The maximum atomic E-state index is 11.0. The van der Waals surface area contributed by atoms with Gasteiger partial charge in [0.15, 0.2) is 11.5 Å². The number of H-pyrrole nitrogens is 2. The fraction of sp³-hybridized carbons (Fsp3) is 0.0833. The van der Waals surface area contributed by atoms with Gasteiger partial charge in [0.1, 0.15) is 0 Å². The van der Waals surface area contributed by atoms with Crippen molar-refractivity contribution in [1.82, 2.24) is 9.97 Å². The van der Waals surface area contributed by atoms with Gasteiger partial charge in [0.05, 0.1) is 7.11 Å². The lowest BCUT2D eigenvalue weighted by Crippen LogP contribution is -2.03. The van der Waals surface area contributed by atoms with Gasteiger partial charge in [0.2, 0.25) is 0 Å². The Morgan fingerprint density at radius 1 is 0.714 bits per heavy atom. The molecule has 4 heteroatoms. The second-order valence-corrected chi connectivity index (χ2v) is 6.91. The van der Waals surface area contributed by atoms with Crippen LogP contribution in [0, 0.1) is 0 Å². The van der Waals surface area contributed by atoms with Crippen molar-refractivity contribution in [3.05, 3.63) is 95.8 Å². The smallest absolute Gasteiger partial charge is 0.161 e. The first-order valence-corrected chi connectivity index (χ1v) is 9.26. The summed E-state index contributed by atoms with van der Waals surface area (Å²) in [7, 11) is 1.57. The van der Waals surface area contributed by atoms with E-state index in [1.807, 2.05) is 48.8 Å². The lowest BCUT2D eigenvalue weighted by Gasteiger charge is -2.19. The summed E-state index contributed by atoms with van der Waals surface area (Å²) in [6.45, 7) is 0. The van der Waals surface area contributed by atoms with E-state index in [-0.39, 0.29) is 11.7 Å². The standard InChI is InChI=1S/C24H20N2O2/c1-28-22-12-6-9-17(24(22)27)23(18-13-25-20-10-4-2-7-15(18)20)19-14-26-21-11-5-3-8-16(19)21/h2-14,23,25-27H,1H3. The number of aromatic nitrogens is 2. The maximum absolute atomic E-state index is 11.0. The molecule has 5 rings (SSSR count). The van der Waals surface area contributed by atoms with Crippen molar-refractivity contribution in [2.45, 2.75) is 5.92 Å². The molecule has 0 aliphatic carbocycles. The molecule has 3 N–H and O–H groups in total. The van der Waals surface area contributed by atoms with Crippen LogP contribution >= 0.6 is 0 Å². The first-order valence-electron chi connectivity index (χ1n) is 9.26. The van der Waals surface area contributed by atoms with Gasteiger partial charge in [0, 0.05) is 45.7 Å². The zero-order chi connectivity index (χ0) is 19.1. The Bertz CT molecular complexity index is 1210. The molecule has 0 radical (unpaired) electrons. The number of phenolic OH excluding ortho intramolecular Hbond substituents is 1. The Labute approximate surface area is 162 Å². The highest BCUT2D eigenvalue weighted by Crippen LogP contribution is 2.44. The Kier molecular flexibility index (Phi) is 3.83. The molecule has 0 saturated carbocycles. The van der Waals surface area contributed by atoms with Crippen LogP contribution in [0.1, 0.15) is 22.6 Å². The topological polar surface area (TPSA) is 61.0 Å². The van der Waals surface area contributed by atoms with Crippen molar-refractivity contribution in [2.75, 3.05) is 7.11 Å². The molecule has 0 aliphatic rings. The number of benzene rings is 3. The minimum Gasteiger partial charge on any atom is -0.504 e. The van der Waals surface area contributed by atoms with Gasteiger partial charge in [-0.1, -0.05) is 48.5 Å². The van der Waals surface area contributed by atoms with Gasteiger partial charge >= 0.3 is 0 Å². The highest BCUT2D eigenvalue weighted by atomic mass is 16.5. The van der Waals surface area contributed by atoms with Gasteiger partial charge in [-0.25, -0.2) is 0 Å². The lowest BCUT2D eigenvalue weighted by atomic mass is 9.84. The molecule has 2 heterocycles. The van der Waals surface area contributed by atoms with Crippen molar-refractivity contribution in [3.63, 3.8) is 0 Å². The molecular weight excluding hydrogens is 348 g/mol. The summed E-state index contributed by atoms with van der Waals surface area (Å²) in [6, 6.07) is 22.1. The van der Waals surface area contributed by atoms with E-state index in [1.54, 1.807) is 13.2 Å². The van der Waals surface area contributed by atoms with Crippen LogP contribution in [0.25, 0.3) is 21.8 Å². The number of hydrogen-bond donors (Lipinski definition) is 3. The molecule has 0 aliphatic heterocycles. The van der Waals surface area contributed by atoms with E-state index in [0.717, 1.165) is 38.5 Å². The van der Waals surface area contributed by atoms with Crippen molar-refractivity contribution in [1.29, 1.82) is 0 Å². The van der Waals surface area contributed by atoms with E-state index in [2.05, 4.69) is 34.2 Å². The molecule has 2 aromatic heterocycles. The third-order valence-corrected chi connectivity index (χ3v) is 5.43. The summed E-state index contributed by atoms with van der Waals surface area (Å²) < 4.78 is 5.38. The van der Waals surface area contributed by atoms with Gasteiger partial charge < -0.3 is 19.8 Å². The van der Waals surface area contributed by atoms with E-state index < -0.39 is 0 Å². The van der Waals surface area contributed by atoms with Crippen LogP contribution in [0.15, 0.2) is 79.1 Å². The second-order valence-electron chi connectivity index (χ2n) is 6.91. The molecule has 28 heavy (non-hydrogen) atoms. The number of phenols is 1. The average Bonchev–Trinajstić information content (AvgIpc) is 3.35. The fourth-order valence-electron chi connectivity index (χ4n) is 4.11. The fourth-order valence-corrected chi connectivity index (χ4v) is 4.11. The molecule has 0 spiro atoms. The summed E-state index contributed by atoms with van der Waals surface area (Å²) >= 11 is 0. The molecule has 0 unspecified atom stereocenters. The van der Waals surface area contributed by atoms with Gasteiger partial charge in [-0.05, 0) is 29.3 Å². The van der Waals surface area contributed by atoms with E-state index in [1.165, 1.54) is 0 Å². The Balaban J connectivity index is 1.83. The van der Waals surface area contributed by atoms with Crippen LogP contribution in [0.5, 0.6) is 11.5 Å². The lowest BCUT2D eigenvalue weighted by molar-refractivity contribution is 0.370. The normalized spacial score (nSPS) is 11.5. The number of aromatic hydroxyl groups is 1. The second kappa shape index (κ2) is 6.50. The Morgan fingerprint density at radius 2 is 1.29 bits per heavy atom. The highest BCUT2D eigenvalue weighted by Gasteiger charge is 2.26. The molecule has 0 fully saturated rings. The van der Waals surface area contributed by atoms with E-state index in [0.29, 0.717) is 5.75 Å². The molecule has 4 nitrogen and oxygen atoms in total. The minimum absolute atomic E-state index is 0.151. The number of ether oxygens (including phenoxy) is 1. The molecule has 0 atom stereocenters. The van der Waals surface area contributed by atoms with E-state index >= 15 is 0 Å². The Hall–Kier alpha value is -3.66. The summed E-state index contributed by atoms with van der Waals surface area (Å²) in [5.41, 5.74) is 5.19. The molecule has 0 saturated heterocycles. The van der Waals surface area contributed by atoms with Crippen LogP contribution in [0.4, 0.5) is 0 Å². The van der Waals surface area contributed by atoms with E-state index in [4.69, 9.17) is 4.74 Å². The van der Waals surface area contributed by atoms with Crippen molar-refractivity contribution in [2.24, 2.45) is 0 Å². The summed E-state index contributed by atoms with van der Waals surface area (Å²) in [6.07, 6.45) is 4.08. The molecule has 3 aromatic carbocycles. The van der Waals surface area contributed by atoms with Crippen LogP contribution < -0.4 is 4.74 Å². The molecule has 0 amide bonds. The zero-order valence-corrected chi connectivity index (χ0v) is 15.4. The maximum Gasteiger partial charge on any atom is 0.161 e. The summed E-state index contributed by atoms with van der Waals surface area (Å²) in [5.74, 6) is 0.496. The molecule has 5 aromatic rings. The summed E-state index contributed by atoms with van der Waals surface area (Å²) in [5, 5.41) is 13.2. The SMILES string of the molecule is COc1cccc(C(c2c[nH]c3ccccc23)c2c[nH]c3ccccc23)c1O. The number of hydrogen-bond acceptors (Lipinski definition) is 2. The third kappa shape index (κ3) is 2.46. The molecule has 138 valence electrons. The number of rotatable bonds is 4. The zero-order valence-electron chi connectivity index (χ0n) is 15.4. The quantitative estimate of drug-likeness (QED) is 0.390. The van der Waals surface area contributed by atoms with Gasteiger partial charge in [-0.3, -0.25) is 0 Å². The first kappa shape index (κ1) is 16.5. The summed E-state index contributed by atoms with van der Waals surface area (Å²) in [4.78, 5) is 6.75. The number of methoxy groups -OCH3 is 1. The van der Waals surface area contributed by atoms with Gasteiger partial charge in [-0.15, -0.1) is 0 Å². The highest BCUT2D eigenvalue weighted by molar-refractivity contribution is 5.89. The predicted molar refractivity (Wildman–Crippen MR) is 112 cm³/mol. The Morgan fingerprint density at radius 3 is 1.86 bits per heavy atom. The van der Waals surface area contributed by atoms with Crippen LogP contribution in [0.2, 0.25) is 0 Å². The van der Waals surface area contributed by atoms with Crippen molar-refractivity contribution in [3.8, 4) is 11.5 Å². The van der Waals surface area contributed by atoms with Gasteiger partial charge in [0.25, 0.3) is 0 Å². The number of nitrogens with one attached hydrogen (secondary N) is 2. The molecular formula is C24H20N2O2. The number of fused-ring (bicyclic) bond motifs is 2. The van der Waals surface area contributed by atoms with Crippen LogP contribution in [0.3, 0.4) is 0 Å². The third-order valence-electron chi connectivity index (χ3n) is 5.43. The van der Waals surface area contributed by atoms with E-state index in [9.17, 15) is 5.11 Å². The van der Waals surface area contributed by atoms with Crippen molar-refractivity contribution < 1.29 is 9.84 Å².